The number of carbonyl (C=O) groups excluding carboxylic acids is 1. The molecule has 0 radical (unpaired) electrons. The van der Waals surface area contributed by atoms with Gasteiger partial charge in [-0.25, -0.2) is 4.79 Å². The van der Waals surface area contributed by atoms with E-state index in [4.69, 9.17) is 5.11 Å². The number of nitro benzene ring substituents is 1. The molecule has 0 saturated carbocycles. The van der Waals surface area contributed by atoms with Crippen molar-refractivity contribution in [1.29, 1.82) is 0 Å². The van der Waals surface area contributed by atoms with Gasteiger partial charge in [-0.15, -0.1) is 0 Å². The molecular weight excluding hydrogens is 332 g/mol. The van der Waals surface area contributed by atoms with E-state index in [1.54, 1.807) is 0 Å². The van der Waals surface area contributed by atoms with Gasteiger partial charge in [-0.2, -0.15) is 0 Å². The third kappa shape index (κ3) is 4.02. The third-order valence-corrected chi connectivity index (χ3v) is 3.32. The van der Waals surface area contributed by atoms with Crippen molar-refractivity contribution in [2.24, 2.45) is 0 Å². The van der Waals surface area contributed by atoms with Crippen molar-refractivity contribution >= 4 is 33.5 Å². The summed E-state index contributed by atoms with van der Waals surface area (Å²) in [5.41, 5.74) is -0.925. The summed E-state index contributed by atoms with van der Waals surface area (Å²) in [4.78, 5) is 32.7. The van der Waals surface area contributed by atoms with E-state index in [9.17, 15) is 19.7 Å². The number of nitrogens with zero attached hydrogens (tertiary/aromatic N) is 1. The normalized spacial score (nSPS) is 10.9. The Labute approximate surface area is 123 Å². The molecule has 108 valence electrons. The van der Waals surface area contributed by atoms with Crippen LogP contribution in [0.3, 0.4) is 0 Å². The first-order valence-electron chi connectivity index (χ1n) is 5.60. The zero-order chi connectivity index (χ0) is 15.5. The number of hydrogen-bond acceptors (Lipinski definition) is 4. The molecular formula is C12H13BrN2O5. The second kappa shape index (κ2) is 6.00. The molecule has 8 heteroatoms. The topological polar surface area (TPSA) is 110 Å². The Morgan fingerprint density at radius 2 is 2.05 bits per heavy atom. The van der Waals surface area contributed by atoms with E-state index >= 15 is 0 Å². The maximum absolute atomic E-state index is 11.8. The molecule has 2 N–H and O–H groups in total. The molecule has 0 spiro atoms. The molecule has 0 fully saturated rings. The number of carboxylic acids is 1. The average molecular weight is 345 g/mol. The van der Waals surface area contributed by atoms with E-state index in [-0.39, 0.29) is 12.1 Å². The van der Waals surface area contributed by atoms with Crippen LogP contribution in [0.1, 0.15) is 19.4 Å². The van der Waals surface area contributed by atoms with Gasteiger partial charge in [0.2, 0.25) is 5.91 Å². The number of halogens is 1. The largest absolute Gasteiger partial charge is 0.480 e. The second-order valence-corrected chi connectivity index (χ2v) is 5.54. The molecule has 20 heavy (non-hydrogen) atoms. The lowest BCUT2D eigenvalue weighted by molar-refractivity contribution is -0.384. The number of carbonyl (C=O) groups is 2. The highest BCUT2D eigenvalue weighted by molar-refractivity contribution is 9.10. The van der Waals surface area contributed by atoms with E-state index in [1.165, 1.54) is 32.0 Å². The Hall–Kier alpha value is -1.96. The van der Waals surface area contributed by atoms with Gasteiger partial charge >= 0.3 is 5.97 Å². The summed E-state index contributed by atoms with van der Waals surface area (Å²) >= 11 is 3.15. The first-order valence-corrected chi connectivity index (χ1v) is 6.40. The van der Waals surface area contributed by atoms with Gasteiger partial charge in [0, 0.05) is 16.6 Å². The molecule has 1 amide bonds. The Balaban J connectivity index is 2.82. The predicted octanol–water partition coefficient (Wildman–Crippen LogP) is 1.88. The number of carboxylic acid groups (broad SMARTS) is 1. The van der Waals surface area contributed by atoms with Crippen LogP contribution in [-0.4, -0.2) is 27.4 Å². The van der Waals surface area contributed by atoms with Gasteiger partial charge in [0.15, 0.2) is 0 Å². The SMILES string of the molecule is CC(C)(NC(=O)Cc1ccc([N+](=O)[O-])cc1Br)C(=O)O. The zero-order valence-corrected chi connectivity index (χ0v) is 12.4. The molecule has 0 heterocycles. The zero-order valence-electron chi connectivity index (χ0n) is 10.8. The lowest BCUT2D eigenvalue weighted by atomic mass is 10.0. The third-order valence-electron chi connectivity index (χ3n) is 2.59. The summed E-state index contributed by atoms with van der Waals surface area (Å²) in [6.07, 6.45) is -0.0741. The average Bonchev–Trinajstić information content (AvgIpc) is 2.30. The second-order valence-electron chi connectivity index (χ2n) is 4.69. The summed E-state index contributed by atoms with van der Waals surface area (Å²) in [5.74, 6) is -1.62. The summed E-state index contributed by atoms with van der Waals surface area (Å²) in [6, 6.07) is 4.04. The molecule has 1 aromatic carbocycles. The highest BCUT2D eigenvalue weighted by Crippen LogP contribution is 2.23. The van der Waals surface area contributed by atoms with E-state index in [0.29, 0.717) is 10.0 Å². The molecule has 7 nitrogen and oxygen atoms in total. The van der Waals surface area contributed by atoms with Gasteiger partial charge in [-0.3, -0.25) is 14.9 Å². The number of rotatable bonds is 5. The van der Waals surface area contributed by atoms with Crippen molar-refractivity contribution in [3.8, 4) is 0 Å². The van der Waals surface area contributed by atoms with Crippen LogP contribution in [0.5, 0.6) is 0 Å². The van der Waals surface area contributed by atoms with Gasteiger partial charge < -0.3 is 10.4 Å². The number of non-ortho nitro benzene ring substituents is 1. The van der Waals surface area contributed by atoms with Crippen LogP contribution >= 0.6 is 15.9 Å². The summed E-state index contributed by atoms with van der Waals surface area (Å²) in [7, 11) is 0. The Kier molecular flexibility index (Phi) is 4.83. The quantitative estimate of drug-likeness (QED) is 0.625. The molecule has 0 unspecified atom stereocenters. The maximum Gasteiger partial charge on any atom is 0.328 e. The standard InChI is InChI=1S/C12H13BrN2O5/c1-12(2,11(17)18)14-10(16)5-7-3-4-8(15(19)20)6-9(7)13/h3-4,6H,5H2,1-2H3,(H,14,16)(H,17,18). The molecule has 1 aromatic rings. The van der Waals surface area contributed by atoms with E-state index < -0.39 is 22.3 Å². The Morgan fingerprint density at radius 3 is 2.50 bits per heavy atom. The van der Waals surface area contributed by atoms with E-state index in [0.717, 1.165) is 0 Å². The van der Waals surface area contributed by atoms with Crippen LogP contribution in [0, 0.1) is 10.1 Å². The van der Waals surface area contributed by atoms with E-state index in [2.05, 4.69) is 21.2 Å². The van der Waals surface area contributed by atoms with Crippen LogP contribution < -0.4 is 5.32 Å². The summed E-state index contributed by atoms with van der Waals surface area (Å²) in [6.45, 7) is 2.75. The van der Waals surface area contributed by atoms with Gasteiger partial charge in [0.05, 0.1) is 11.3 Å². The minimum atomic E-state index is -1.37. The predicted molar refractivity (Wildman–Crippen MR) is 74.4 cm³/mol. The van der Waals surface area contributed by atoms with Crippen molar-refractivity contribution in [3.63, 3.8) is 0 Å². The summed E-state index contributed by atoms with van der Waals surface area (Å²) < 4.78 is 0.426. The van der Waals surface area contributed by atoms with Gasteiger partial charge in [-0.05, 0) is 19.4 Å². The van der Waals surface area contributed by atoms with Crippen molar-refractivity contribution in [2.75, 3.05) is 0 Å². The molecule has 0 atom stereocenters. The Morgan fingerprint density at radius 1 is 1.45 bits per heavy atom. The molecule has 0 aliphatic carbocycles. The van der Waals surface area contributed by atoms with Crippen LogP contribution in [-0.2, 0) is 16.0 Å². The fraction of sp³-hybridized carbons (Fsp3) is 0.333. The van der Waals surface area contributed by atoms with Crippen LogP contribution in [0.4, 0.5) is 5.69 Å². The van der Waals surface area contributed by atoms with Crippen molar-refractivity contribution in [2.45, 2.75) is 25.8 Å². The smallest absolute Gasteiger partial charge is 0.328 e. The number of nitrogens with one attached hydrogen (secondary N) is 1. The van der Waals surface area contributed by atoms with Crippen molar-refractivity contribution < 1.29 is 19.6 Å². The minimum Gasteiger partial charge on any atom is -0.480 e. The number of aliphatic carboxylic acids is 1. The molecule has 0 saturated heterocycles. The highest BCUT2D eigenvalue weighted by Gasteiger charge is 2.29. The maximum atomic E-state index is 11.8. The first kappa shape index (κ1) is 16.1. The van der Waals surface area contributed by atoms with Crippen LogP contribution in [0.2, 0.25) is 0 Å². The fourth-order valence-electron chi connectivity index (χ4n) is 1.41. The van der Waals surface area contributed by atoms with Crippen LogP contribution in [0.25, 0.3) is 0 Å². The fourth-order valence-corrected chi connectivity index (χ4v) is 1.92. The van der Waals surface area contributed by atoms with Crippen molar-refractivity contribution in [1.82, 2.24) is 5.32 Å². The lowest BCUT2D eigenvalue weighted by Crippen LogP contribution is -2.50. The molecule has 0 bridgehead atoms. The number of amides is 1. The first-order chi connectivity index (χ1) is 9.13. The number of hydrogen-bond donors (Lipinski definition) is 2. The van der Waals surface area contributed by atoms with Gasteiger partial charge in [0.1, 0.15) is 5.54 Å². The minimum absolute atomic E-state index is 0.0741. The number of benzene rings is 1. The monoisotopic (exact) mass is 344 g/mol. The highest BCUT2D eigenvalue weighted by atomic mass is 79.9. The Bertz CT molecular complexity index is 571. The van der Waals surface area contributed by atoms with Crippen molar-refractivity contribution in [3.05, 3.63) is 38.3 Å². The van der Waals surface area contributed by atoms with Crippen LogP contribution in [0.15, 0.2) is 22.7 Å². The summed E-state index contributed by atoms with van der Waals surface area (Å²) in [5, 5.41) is 21.9. The van der Waals surface area contributed by atoms with E-state index in [1.807, 2.05) is 0 Å². The lowest BCUT2D eigenvalue weighted by Gasteiger charge is -2.21. The molecule has 1 rings (SSSR count). The molecule has 0 aromatic heterocycles. The number of nitro groups is 1. The van der Waals surface area contributed by atoms with Gasteiger partial charge in [-0.1, -0.05) is 22.0 Å². The molecule has 0 aliphatic heterocycles. The molecule has 0 aliphatic rings. The van der Waals surface area contributed by atoms with Gasteiger partial charge in [0.25, 0.3) is 5.69 Å².